The summed E-state index contributed by atoms with van der Waals surface area (Å²) >= 11 is 0. The fourth-order valence-corrected chi connectivity index (χ4v) is 6.25. The molecule has 0 bridgehead atoms. The van der Waals surface area contributed by atoms with Crippen molar-refractivity contribution in [3.05, 3.63) is 54.2 Å². The minimum Gasteiger partial charge on any atom is -0.475 e. The molecule has 0 aliphatic carbocycles. The average Bonchev–Trinajstić information content (AvgIpc) is 3.14. The fourth-order valence-electron chi connectivity index (χ4n) is 5.31. The number of carbonyl (C=O) groups is 1. The first-order chi connectivity index (χ1) is 18.7. The molecule has 3 aromatic heterocycles. The number of anilines is 2. The summed E-state index contributed by atoms with van der Waals surface area (Å²) in [6, 6.07) is 11.2. The number of aromatic nitrogens is 3. The number of sulfonamides is 1. The van der Waals surface area contributed by atoms with Crippen LogP contribution in [0.2, 0.25) is 0 Å². The van der Waals surface area contributed by atoms with Gasteiger partial charge < -0.3 is 15.4 Å². The molecule has 1 aliphatic heterocycles. The largest absolute Gasteiger partial charge is 0.475 e. The van der Waals surface area contributed by atoms with Crippen molar-refractivity contribution in [3.8, 4) is 17.1 Å². The highest BCUT2D eigenvalue weighted by Crippen LogP contribution is 2.38. The number of rotatable bonds is 9. The monoisotopic (exact) mass is 566 g/mol. The van der Waals surface area contributed by atoms with Crippen molar-refractivity contribution < 1.29 is 17.9 Å². The van der Waals surface area contributed by atoms with E-state index >= 15 is 0 Å². The first-order valence-corrected chi connectivity index (χ1v) is 14.9. The SMILES string of the molecule is CC(C)CC(C)Oc1cc(-c2ccc(C(=O)NS(=O)(=O)c3cccc(N)n3)c(N3CC(C)CC3(C)C)n2)ccn1. The standard InChI is InChI=1S/C29H38N6O4S/c1-18(2)14-20(4)39-25-15-21(12-13-31-25)23-11-10-22(27(32-23)35-17-19(3)16-29(35,5)6)28(36)34-40(37,38)26-9-7-8-24(30)33-26/h7-13,15,18-20H,14,16-17H2,1-6H3,(H2,30,33)(H,34,36). The zero-order valence-electron chi connectivity index (χ0n) is 23.9. The van der Waals surface area contributed by atoms with E-state index in [1.165, 1.54) is 18.2 Å². The van der Waals surface area contributed by atoms with Gasteiger partial charge >= 0.3 is 0 Å². The van der Waals surface area contributed by atoms with Crippen LogP contribution < -0.4 is 20.1 Å². The molecule has 214 valence electrons. The van der Waals surface area contributed by atoms with Crippen LogP contribution in [0.1, 0.15) is 64.7 Å². The minimum atomic E-state index is -4.26. The van der Waals surface area contributed by atoms with Crippen LogP contribution in [0.25, 0.3) is 11.3 Å². The third kappa shape index (κ3) is 6.70. The molecule has 11 heteroatoms. The minimum absolute atomic E-state index is 0.000585. The van der Waals surface area contributed by atoms with Gasteiger partial charge in [0.25, 0.3) is 15.9 Å². The molecule has 10 nitrogen and oxygen atoms in total. The zero-order valence-corrected chi connectivity index (χ0v) is 24.7. The third-order valence-corrected chi connectivity index (χ3v) is 8.08. The fraction of sp³-hybridized carbons (Fsp3) is 0.448. The van der Waals surface area contributed by atoms with Crippen molar-refractivity contribution in [1.29, 1.82) is 0 Å². The van der Waals surface area contributed by atoms with E-state index in [4.69, 9.17) is 15.5 Å². The molecule has 3 N–H and O–H groups in total. The Morgan fingerprint density at radius 1 is 1.18 bits per heavy atom. The van der Waals surface area contributed by atoms with Crippen molar-refractivity contribution in [2.75, 3.05) is 17.2 Å². The van der Waals surface area contributed by atoms with Crippen LogP contribution in [0.4, 0.5) is 11.6 Å². The molecule has 3 aromatic rings. The van der Waals surface area contributed by atoms with E-state index in [0.29, 0.717) is 35.8 Å². The molecule has 0 saturated carbocycles. The van der Waals surface area contributed by atoms with Gasteiger partial charge in [0.15, 0.2) is 5.03 Å². The molecule has 1 saturated heterocycles. The number of ether oxygens (including phenoxy) is 1. The molecular formula is C29H38N6O4S. The Morgan fingerprint density at radius 3 is 2.58 bits per heavy atom. The first kappa shape index (κ1) is 29.3. The van der Waals surface area contributed by atoms with Gasteiger partial charge in [0.1, 0.15) is 11.6 Å². The van der Waals surface area contributed by atoms with Crippen LogP contribution in [0, 0.1) is 11.8 Å². The summed E-state index contributed by atoms with van der Waals surface area (Å²) in [6.45, 7) is 13.3. The van der Waals surface area contributed by atoms with Gasteiger partial charge in [-0.3, -0.25) is 4.79 Å². The normalized spacial score (nSPS) is 17.6. The third-order valence-electron chi connectivity index (χ3n) is 6.85. The van der Waals surface area contributed by atoms with Crippen LogP contribution >= 0.6 is 0 Å². The highest BCUT2D eigenvalue weighted by Gasteiger charge is 2.39. The molecule has 2 atom stereocenters. The van der Waals surface area contributed by atoms with Gasteiger partial charge in [0.05, 0.1) is 17.4 Å². The van der Waals surface area contributed by atoms with E-state index in [-0.39, 0.29) is 28.1 Å². The number of pyridine rings is 3. The number of nitrogens with two attached hydrogens (primary N) is 1. The number of nitrogens with zero attached hydrogens (tertiary/aromatic N) is 4. The van der Waals surface area contributed by atoms with Gasteiger partial charge in [0, 0.05) is 29.9 Å². The highest BCUT2D eigenvalue weighted by molar-refractivity contribution is 7.90. The maximum Gasteiger partial charge on any atom is 0.281 e. The molecular weight excluding hydrogens is 528 g/mol. The molecule has 40 heavy (non-hydrogen) atoms. The van der Waals surface area contributed by atoms with E-state index in [2.05, 4.69) is 54.2 Å². The Hall–Kier alpha value is -3.73. The lowest BCUT2D eigenvalue weighted by Crippen LogP contribution is -2.41. The summed E-state index contributed by atoms with van der Waals surface area (Å²) < 4.78 is 34.1. The molecule has 0 radical (unpaired) electrons. The van der Waals surface area contributed by atoms with Gasteiger partial charge in [-0.1, -0.05) is 26.8 Å². The number of nitrogen functional groups attached to an aromatic ring is 1. The van der Waals surface area contributed by atoms with E-state index in [0.717, 1.165) is 18.4 Å². The van der Waals surface area contributed by atoms with Crippen molar-refractivity contribution >= 4 is 27.6 Å². The zero-order chi connectivity index (χ0) is 29.2. The van der Waals surface area contributed by atoms with Crippen molar-refractivity contribution in [1.82, 2.24) is 19.7 Å². The van der Waals surface area contributed by atoms with Gasteiger partial charge in [-0.05, 0) is 75.8 Å². The Morgan fingerprint density at radius 2 is 1.93 bits per heavy atom. The first-order valence-electron chi connectivity index (χ1n) is 13.5. The van der Waals surface area contributed by atoms with Gasteiger partial charge in [-0.25, -0.2) is 19.7 Å². The predicted molar refractivity (Wildman–Crippen MR) is 156 cm³/mol. The summed E-state index contributed by atoms with van der Waals surface area (Å²) in [5, 5.41) is -0.335. The van der Waals surface area contributed by atoms with Crippen LogP contribution in [0.5, 0.6) is 5.88 Å². The number of carbonyl (C=O) groups excluding carboxylic acids is 1. The Labute approximate surface area is 236 Å². The average molecular weight is 567 g/mol. The second kappa shape index (κ2) is 11.4. The molecule has 4 heterocycles. The summed E-state index contributed by atoms with van der Waals surface area (Å²) in [5.74, 6) is 0.995. The maximum absolute atomic E-state index is 13.5. The number of hydrogen-bond acceptors (Lipinski definition) is 9. The smallest absolute Gasteiger partial charge is 0.281 e. The summed E-state index contributed by atoms with van der Waals surface area (Å²) in [4.78, 5) is 28.7. The lowest BCUT2D eigenvalue weighted by molar-refractivity contribution is 0.0981. The Bertz CT molecular complexity index is 1490. The second-order valence-electron chi connectivity index (χ2n) is 11.6. The highest BCUT2D eigenvalue weighted by atomic mass is 32.2. The van der Waals surface area contributed by atoms with Gasteiger partial charge in [0.2, 0.25) is 5.88 Å². The van der Waals surface area contributed by atoms with E-state index in [1.807, 2.05) is 19.1 Å². The quantitative estimate of drug-likeness (QED) is 0.378. The van der Waals surface area contributed by atoms with Crippen molar-refractivity contribution in [2.24, 2.45) is 11.8 Å². The number of hydrogen-bond donors (Lipinski definition) is 2. The Balaban J connectivity index is 1.72. The number of nitrogens with one attached hydrogen (secondary N) is 1. The maximum atomic E-state index is 13.5. The summed E-state index contributed by atoms with van der Waals surface area (Å²) in [5.41, 5.74) is 6.90. The van der Waals surface area contributed by atoms with Gasteiger partial charge in [-0.2, -0.15) is 8.42 Å². The summed E-state index contributed by atoms with van der Waals surface area (Å²) in [7, 11) is -4.26. The topological polar surface area (TPSA) is 140 Å². The Kier molecular flexibility index (Phi) is 8.34. The van der Waals surface area contributed by atoms with Crippen LogP contribution in [0.3, 0.4) is 0 Å². The molecule has 2 unspecified atom stereocenters. The van der Waals surface area contributed by atoms with E-state index in [9.17, 15) is 13.2 Å². The molecule has 0 aromatic carbocycles. The predicted octanol–water partition coefficient (Wildman–Crippen LogP) is 4.68. The summed E-state index contributed by atoms with van der Waals surface area (Å²) in [6.07, 6.45) is 3.46. The van der Waals surface area contributed by atoms with E-state index in [1.54, 1.807) is 18.3 Å². The molecule has 1 fully saturated rings. The number of amides is 1. The molecule has 0 spiro atoms. The lowest BCUT2D eigenvalue weighted by atomic mass is 9.97. The van der Waals surface area contributed by atoms with Crippen LogP contribution in [-0.2, 0) is 10.0 Å². The van der Waals surface area contributed by atoms with Gasteiger partial charge in [-0.15, -0.1) is 0 Å². The van der Waals surface area contributed by atoms with Crippen LogP contribution in [0.15, 0.2) is 53.7 Å². The van der Waals surface area contributed by atoms with Crippen molar-refractivity contribution in [3.63, 3.8) is 0 Å². The lowest BCUT2D eigenvalue weighted by Gasteiger charge is -2.34. The van der Waals surface area contributed by atoms with Crippen LogP contribution in [-0.4, -0.2) is 47.5 Å². The van der Waals surface area contributed by atoms with Crippen molar-refractivity contribution in [2.45, 2.75) is 71.1 Å². The van der Waals surface area contributed by atoms with E-state index < -0.39 is 15.9 Å². The molecule has 1 amide bonds. The molecule has 1 aliphatic rings. The second-order valence-corrected chi connectivity index (χ2v) is 13.2. The molecule has 4 rings (SSSR count).